The standard InChI is InChI=1S/C9H19N3O2/c1-2-6-11-9(10)12-7-4-3-5-8(13)14/h2-7H2,1H3,(H,13,14)(H3,10,11,12). The molecule has 0 fully saturated rings. The second-order valence-electron chi connectivity index (χ2n) is 3.04. The molecule has 4 N–H and O–H groups in total. The highest BCUT2D eigenvalue weighted by Gasteiger charge is 1.96. The number of unbranched alkanes of at least 4 members (excludes halogenated alkanes) is 1. The maximum atomic E-state index is 10.2. The van der Waals surface area contributed by atoms with Crippen molar-refractivity contribution in [2.45, 2.75) is 32.6 Å². The van der Waals surface area contributed by atoms with Crippen LogP contribution in [0.25, 0.3) is 0 Å². The fourth-order valence-corrected chi connectivity index (χ4v) is 0.906. The number of carbonyl (C=O) groups is 1. The molecule has 0 aromatic rings. The Morgan fingerprint density at radius 1 is 1.50 bits per heavy atom. The minimum atomic E-state index is -0.752. The quantitative estimate of drug-likeness (QED) is 0.319. The van der Waals surface area contributed by atoms with Crippen molar-refractivity contribution in [3.8, 4) is 0 Å². The highest BCUT2D eigenvalue weighted by Crippen LogP contribution is 1.92. The minimum Gasteiger partial charge on any atom is -0.481 e. The van der Waals surface area contributed by atoms with Gasteiger partial charge in [0, 0.05) is 19.5 Å². The molecule has 0 radical (unpaired) electrons. The van der Waals surface area contributed by atoms with Crippen LogP contribution in [-0.2, 0) is 4.79 Å². The van der Waals surface area contributed by atoms with Crippen LogP contribution < -0.4 is 11.1 Å². The Morgan fingerprint density at radius 3 is 2.79 bits per heavy atom. The van der Waals surface area contributed by atoms with E-state index in [4.69, 9.17) is 10.8 Å². The molecule has 0 heterocycles. The molecule has 0 saturated heterocycles. The molecule has 0 spiro atoms. The molecule has 0 aliphatic rings. The van der Waals surface area contributed by atoms with Crippen LogP contribution in [0.5, 0.6) is 0 Å². The lowest BCUT2D eigenvalue weighted by Gasteiger charge is -2.03. The van der Waals surface area contributed by atoms with Gasteiger partial charge in [-0.1, -0.05) is 6.92 Å². The average Bonchev–Trinajstić information content (AvgIpc) is 2.13. The Labute approximate surface area is 84.4 Å². The summed E-state index contributed by atoms with van der Waals surface area (Å²) in [6, 6.07) is 0. The number of nitrogens with zero attached hydrogens (tertiary/aromatic N) is 1. The van der Waals surface area contributed by atoms with Crippen LogP contribution in [0.4, 0.5) is 0 Å². The van der Waals surface area contributed by atoms with Crippen LogP contribution in [-0.4, -0.2) is 30.1 Å². The van der Waals surface area contributed by atoms with Gasteiger partial charge in [0.2, 0.25) is 0 Å². The lowest BCUT2D eigenvalue weighted by molar-refractivity contribution is -0.137. The molecule has 0 aliphatic heterocycles. The second-order valence-corrected chi connectivity index (χ2v) is 3.04. The molecular weight excluding hydrogens is 182 g/mol. The summed E-state index contributed by atoms with van der Waals surface area (Å²) in [5.41, 5.74) is 5.52. The lowest BCUT2D eigenvalue weighted by Crippen LogP contribution is -2.32. The number of rotatable bonds is 7. The Bertz CT molecular complexity index is 192. The SMILES string of the molecule is CCCN=C(N)NCCCCC(=O)O. The van der Waals surface area contributed by atoms with E-state index in [1.165, 1.54) is 0 Å². The first-order valence-electron chi connectivity index (χ1n) is 4.92. The van der Waals surface area contributed by atoms with Crippen molar-refractivity contribution < 1.29 is 9.90 Å². The zero-order chi connectivity index (χ0) is 10.8. The first-order valence-corrected chi connectivity index (χ1v) is 4.92. The normalized spacial score (nSPS) is 11.4. The average molecular weight is 201 g/mol. The van der Waals surface area contributed by atoms with Crippen molar-refractivity contribution in [1.82, 2.24) is 5.32 Å². The van der Waals surface area contributed by atoms with Gasteiger partial charge in [0.15, 0.2) is 5.96 Å². The Balaban J connectivity index is 3.31. The van der Waals surface area contributed by atoms with Crippen LogP contribution in [0.1, 0.15) is 32.6 Å². The largest absolute Gasteiger partial charge is 0.481 e. The van der Waals surface area contributed by atoms with Gasteiger partial charge in [0.25, 0.3) is 0 Å². The molecule has 0 aromatic heterocycles. The van der Waals surface area contributed by atoms with E-state index in [1.54, 1.807) is 0 Å². The Morgan fingerprint density at radius 2 is 2.21 bits per heavy atom. The first-order chi connectivity index (χ1) is 6.66. The number of aliphatic carboxylic acids is 1. The summed E-state index contributed by atoms with van der Waals surface area (Å²) in [6.45, 7) is 3.45. The molecule has 0 unspecified atom stereocenters. The third kappa shape index (κ3) is 8.83. The molecule has 0 aromatic carbocycles. The van der Waals surface area contributed by atoms with Gasteiger partial charge < -0.3 is 16.2 Å². The van der Waals surface area contributed by atoms with Crippen molar-refractivity contribution in [3.63, 3.8) is 0 Å². The van der Waals surface area contributed by atoms with E-state index in [2.05, 4.69) is 10.3 Å². The fourth-order valence-electron chi connectivity index (χ4n) is 0.906. The third-order valence-corrected chi connectivity index (χ3v) is 1.63. The van der Waals surface area contributed by atoms with Gasteiger partial charge in [0.1, 0.15) is 0 Å². The number of nitrogens with two attached hydrogens (primary N) is 1. The van der Waals surface area contributed by atoms with E-state index in [0.29, 0.717) is 18.9 Å². The highest BCUT2D eigenvalue weighted by atomic mass is 16.4. The molecule has 5 heteroatoms. The summed E-state index contributed by atoms with van der Waals surface area (Å²) in [4.78, 5) is 14.2. The van der Waals surface area contributed by atoms with E-state index >= 15 is 0 Å². The number of carboxylic acids is 1. The van der Waals surface area contributed by atoms with E-state index < -0.39 is 5.97 Å². The predicted octanol–water partition coefficient (Wildman–Crippen LogP) is 0.556. The monoisotopic (exact) mass is 201 g/mol. The zero-order valence-electron chi connectivity index (χ0n) is 8.62. The number of nitrogens with one attached hydrogen (secondary N) is 1. The first kappa shape index (κ1) is 12.7. The maximum Gasteiger partial charge on any atom is 0.303 e. The van der Waals surface area contributed by atoms with Gasteiger partial charge in [-0.3, -0.25) is 9.79 Å². The fraction of sp³-hybridized carbons (Fsp3) is 0.778. The third-order valence-electron chi connectivity index (χ3n) is 1.63. The Kier molecular flexibility index (Phi) is 7.59. The van der Waals surface area contributed by atoms with Crippen LogP contribution in [0.15, 0.2) is 4.99 Å². The highest BCUT2D eigenvalue weighted by molar-refractivity contribution is 5.77. The zero-order valence-corrected chi connectivity index (χ0v) is 8.62. The summed E-state index contributed by atoms with van der Waals surface area (Å²) in [6.07, 6.45) is 2.66. The molecule has 0 bridgehead atoms. The molecule has 14 heavy (non-hydrogen) atoms. The van der Waals surface area contributed by atoms with E-state index in [1.807, 2.05) is 6.92 Å². The van der Waals surface area contributed by atoms with E-state index in [0.717, 1.165) is 19.4 Å². The summed E-state index contributed by atoms with van der Waals surface area (Å²) in [7, 11) is 0. The molecule has 0 saturated carbocycles. The summed E-state index contributed by atoms with van der Waals surface area (Å²) >= 11 is 0. The minimum absolute atomic E-state index is 0.216. The molecule has 0 rings (SSSR count). The van der Waals surface area contributed by atoms with Gasteiger partial charge >= 0.3 is 5.97 Å². The van der Waals surface area contributed by atoms with E-state index in [-0.39, 0.29) is 6.42 Å². The van der Waals surface area contributed by atoms with Crippen molar-refractivity contribution in [2.24, 2.45) is 10.7 Å². The molecule has 0 atom stereocenters. The van der Waals surface area contributed by atoms with E-state index in [9.17, 15) is 4.79 Å². The van der Waals surface area contributed by atoms with Crippen LogP contribution >= 0.6 is 0 Å². The topological polar surface area (TPSA) is 87.7 Å². The summed E-state index contributed by atoms with van der Waals surface area (Å²) < 4.78 is 0. The van der Waals surface area contributed by atoms with Crippen LogP contribution in [0, 0.1) is 0 Å². The number of hydrogen-bond donors (Lipinski definition) is 3. The second kappa shape index (κ2) is 8.34. The van der Waals surface area contributed by atoms with Gasteiger partial charge in [0.05, 0.1) is 0 Å². The van der Waals surface area contributed by atoms with Crippen molar-refractivity contribution in [1.29, 1.82) is 0 Å². The lowest BCUT2D eigenvalue weighted by atomic mass is 10.2. The Hall–Kier alpha value is -1.26. The number of hydrogen-bond acceptors (Lipinski definition) is 2. The van der Waals surface area contributed by atoms with Gasteiger partial charge in [-0.2, -0.15) is 0 Å². The summed E-state index contributed by atoms with van der Waals surface area (Å²) in [5.74, 6) is -0.306. The molecule has 0 aliphatic carbocycles. The molecule has 0 amide bonds. The van der Waals surface area contributed by atoms with Crippen molar-refractivity contribution >= 4 is 11.9 Å². The number of guanidine groups is 1. The number of carboxylic acid groups (broad SMARTS) is 1. The smallest absolute Gasteiger partial charge is 0.303 e. The molecular formula is C9H19N3O2. The summed E-state index contributed by atoms with van der Waals surface area (Å²) in [5, 5.41) is 11.3. The predicted molar refractivity (Wildman–Crippen MR) is 56.3 cm³/mol. The van der Waals surface area contributed by atoms with Crippen LogP contribution in [0.3, 0.4) is 0 Å². The number of aliphatic imine (C=N–C) groups is 1. The maximum absolute atomic E-state index is 10.2. The van der Waals surface area contributed by atoms with Gasteiger partial charge in [-0.15, -0.1) is 0 Å². The van der Waals surface area contributed by atoms with Crippen molar-refractivity contribution in [2.75, 3.05) is 13.1 Å². The van der Waals surface area contributed by atoms with Crippen LogP contribution in [0.2, 0.25) is 0 Å². The van der Waals surface area contributed by atoms with Gasteiger partial charge in [-0.25, -0.2) is 0 Å². The molecule has 5 nitrogen and oxygen atoms in total. The molecule has 82 valence electrons. The van der Waals surface area contributed by atoms with Crippen molar-refractivity contribution in [3.05, 3.63) is 0 Å². The van der Waals surface area contributed by atoms with Gasteiger partial charge in [-0.05, 0) is 19.3 Å².